The molecule has 0 saturated carbocycles. The summed E-state index contributed by atoms with van der Waals surface area (Å²) in [4.78, 5) is 12.1. The lowest BCUT2D eigenvalue weighted by Crippen LogP contribution is -2.58. The summed E-state index contributed by atoms with van der Waals surface area (Å²) in [5.74, 6) is -0.220. The number of hydrogen-bond donors (Lipinski definition) is 2. The molecular weight excluding hydrogens is 212 g/mol. The Morgan fingerprint density at radius 1 is 1.47 bits per heavy atom. The van der Waals surface area contributed by atoms with Crippen LogP contribution in [0.3, 0.4) is 0 Å². The largest absolute Gasteiger partial charge is 0.391 e. The summed E-state index contributed by atoms with van der Waals surface area (Å²) in [5, 5.41) is 2.80. The molecule has 0 aliphatic heterocycles. The van der Waals surface area contributed by atoms with Crippen molar-refractivity contribution >= 4 is 23.1 Å². The number of hydrogen-bond acceptors (Lipinski definition) is 3. The molecule has 0 fully saturated rings. The molecule has 5 heteroatoms. The third-order valence-corrected chi connectivity index (χ3v) is 3.15. The first kappa shape index (κ1) is 14.3. The van der Waals surface area contributed by atoms with E-state index >= 15 is 0 Å². The maximum atomic E-state index is 11.8. The van der Waals surface area contributed by atoms with Gasteiger partial charge < -0.3 is 15.8 Å². The van der Waals surface area contributed by atoms with Crippen LogP contribution in [0.2, 0.25) is 0 Å². The quantitative estimate of drug-likeness (QED) is 0.694. The second kappa shape index (κ2) is 4.90. The molecule has 0 saturated heterocycles. The van der Waals surface area contributed by atoms with Crippen molar-refractivity contribution in [3.05, 3.63) is 0 Å². The van der Waals surface area contributed by atoms with E-state index in [1.54, 1.807) is 20.8 Å². The Balaban J connectivity index is 4.72. The van der Waals surface area contributed by atoms with Gasteiger partial charge in [0.1, 0.15) is 5.60 Å². The molecule has 0 spiro atoms. The Kier molecular flexibility index (Phi) is 4.67. The molecule has 0 aromatic heterocycles. The lowest BCUT2D eigenvalue weighted by Gasteiger charge is -2.32. The minimum atomic E-state index is -0.874. The highest BCUT2D eigenvalue weighted by atomic mass is 32.1. The van der Waals surface area contributed by atoms with Crippen LogP contribution in [0.4, 0.5) is 0 Å². The van der Waals surface area contributed by atoms with Gasteiger partial charge in [-0.3, -0.25) is 4.79 Å². The van der Waals surface area contributed by atoms with Crippen LogP contribution in [-0.4, -0.2) is 29.1 Å². The Labute approximate surface area is 96.5 Å². The van der Waals surface area contributed by atoms with Crippen molar-refractivity contribution in [3.8, 4) is 0 Å². The van der Waals surface area contributed by atoms with Crippen LogP contribution in [0.5, 0.6) is 0 Å². The predicted molar refractivity (Wildman–Crippen MR) is 64.7 cm³/mol. The molecule has 1 amide bonds. The van der Waals surface area contributed by atoms with Crippen LogP contribution in [0.1, 0.15) is 34.1 Å². The third kappa shape index (κ3) is 3.43. The van der Waals surface area contributed by atoms with Gasteiger partial charge in [-0.15, -0.1) is 0 Å². The van der Waals surface area contributed by atoms with E-state index in [-0.39, 0.29) is 10.9 Å². The number of carbonyl (C=O) groups is 1. The van der Waals surface area contributed by atoms with E-state index in [0.29, 0.717) is 6.42 Å². The van der Waals surface area contributed by atoms with E-state index in [0.717, 1.165) is 0 Å². The Hall–Kier alpha value is -0.680. The van der Waals surface area contributed by atoms with Crippen molar-refractivity contribution in [2.45, 2.75) is 45.3 Å². The first-order chi connectivity index (χ1) is 6.69. The second-order valence-corrected chi connectivity index (χ2v) is 4.66. The number of methoxy groups -OCH3 is 1. The zero-order valence-electron chi connectivity index (χ0n) is 10.0. The van der Waals surface area contributed by atoms with Crippen LogP contribution in [-0.2, 0) is 9.53 Å². The number of rotatable bonds is 5. The van der Waals surface area contributed by atoms with Gasteiger partial charge in [-0.2, -0.15) is 0 Å². The second-order valence-electron chi connectivity index (χ2n) is 4.22. The van der Waals surface area contributed by atoms with E-state index in [4.69, 9.17) is 22.7 Å². The molecule has 0 heterocycles. The molecule has 88 valence electrons. The maximum Gasteiger partial charge on any atom is 0.252 e. The van der Waals surface area contributed by atoms with Gasteiger partial charge in [-0.05, 0) is 27.2 Å². The van der Waals surface area contributed by atoms with Gasteiger partial charge in [0.2, 0.25) is 0 Å². The molecule has 0 aliphatic rings. The number of ether oxygens (including phenoxy) is 1. The Morgan fingerprint density at radius 2 is 1.93 bits per heavy atom. The molecule has 0 radical (unpaired) electrons. The van der Waals surface area contributed by atoms with Crippen molar-refractivity contribution in [2.75, 3.05) is 7.11 Å². The van der Waals surface area contributed by atoms with Crippen LogP contribution in [0.15, 0.2) is 0 Å². The normalized spacial score (nSPS) is 15.5. The molecule has 0 aromatic carbocycles. The number of thiocarbonyl (C=S) groups is 1. The summed E-state index contributed by atoms with van der Waals surface area (Å²) in [6.07, 6.45) is 0.647. The summed E-state index contributed by atoms with van der Waals surface area (Å²) >= 11 is 4.93. The molecule has 3 N–H and O–H groups in total. The molecule has 15 heavy (non-hydrogen) atoms. The van der Waals surface area contributed by atoms with Crippen molar-refractivity contribution in [1.82, 2.24) is 5.32 Å². The van der Waals surface area contributed by atoms with Gasteiger partial charge in [0.15, 0.2) is 0 Å². The molecule has 1 unspecified atom stereocenters. The van der Waals surface area contributed by atoms with Gasteiger partial charge in [0, 0.05) is 7.11 Å². The lowest BCUT2D eigenvalue weighted by atomic mass is 9.97. The average Bonchev–Trinajstić information content (AvgIpc) is 2.17. The third-order valence-electron chi connectivity index (χ3n) is 2.70. The van der Waals surface area contributed by atoms with E-state index < -0.39 is 11.1 Å². The monoisotopic (exact) mass is 232 g/mol. The number of nitrogens with two attached hydrogens (primary N) is 1. The predicted octanol–water partition coefficient (Wildman–Crippen LogP) is 0.982. The first-order valence-electron chi connectivity index (χ1n) is 4.87. The molecular formula is C10H20N2O2S. The highest BCUT2D eigenvalue weighted by molar-refractivity contribution is 7.80. The zero-order valence-corrected chi connectivity index (χ0v) is 10.8. The van der Waals surface area contributed by atoms with Crippen molar-refractivity contribution < 1.29 is 9.53 Å². The minimum absolute atomic E-state index is 0.220. The Bertz CT molecular complexity index is 266. The van der Waals surface area contributed by atoms with Crippen LogP contribution in [0, 0.1) is 0 Å². The molecule has 0 aromatic rings. The van der Waals surface area contributed by atoms with Crippen LogP contribution < -0.4 is 11.1 Å². The first-order valence-corrected chi connectivity index (χ1v) is 5.28. The SMILES string of the molecule is CCC(C)(NC(=O)C(C)(C)OC)C(N)=S. The fraction of sp³-hybridized carbons (Fsp3) is 0.800. The van der Waals surface area contributed by atoms with Crippen molar-refractivity contribution in [1.29, 1.82) is 0 Å². The summed E-state index contributed by atoms with van der Waals surface area (Å²) in [7, 11) is 1.49. The number of carbonyl (C=O) groups excluding carboxylic acids is 1. The van der Waals surface area contributed by atoms with Crippen LogP contribution >= 0.6 is 12.2 Å². The average molecular weight is 232 g/mol. The fourth-order valence-corrected chi connectivity index (χ4v) is 1.01. The molecule has 0 bridgehead atoms. The van der Waals surface area contributed by atoms with E-state index in [2.05, 4.69) is 5.32 Å². The van der Waals surface area contributed by atoms with Gasteiger partial charge in [0.05, 0.1) is 10.5 Å². The standard InChI is InChI=1S/C10H20N2O2S/c1-6-10(4,7(11)15)12-8(13)9(2,3)14-5/h6H2,1-5H3,(H2,11,15)(H,12,13). The summed E-state index contributed by atoms with van der Waals surface area (Å²) < 4.78 is 5.07. The maximum absolute atomic E-state index is 11.8. The van der Waals surface area contributed by atoms with Crippen molar-refractivity contribution in [3.63, 3.8) is 0 Å². The number of amides is 1. The molecule has 0 aliphatic carbocycles. The van der Waals surface area contributed by atoms with E-state index in [1.165, 1.54) is 7.11 Å². The van der Waals surface area contributed by atoms with E-state index in [9.17, 15) is 4.79 Å². The van der Waals surface area contributed by atoms with Gasteiger partial charge in [-0.1, -0.05) is 19.1 Å². The zero-order chi connectivity index (χ0) is 12.3. The van der Waals surface area contributed by atoms with Gasteiger partial charge in [0.25, 0.3) is 5.91 Å². The molecule has 0 rings (SSSR count). The molecule has 1 atom stereocenters. The van der Waals surface area contributed by atoms with Gasteiger partial charge in [-0.25, -0.2) is 0 Å². The fourth-order valence-electron chi connectivity index (χ4n) is 0.818. The van der Waals surface area contributed by atoms with Gasteiger partial charge >= 0.3 is 0 Å². The smallest absolute Gasteiger partial charge is 0.252 e. The minimum Gasteiger partial charge on any atom is -0.391 e. The summed E-state index contributed by atoms with van der Waals surface area (Å²) in [5.41, 5.74) is 4.07. The highest BCUT2D eigenvalue weighted by Crippen LogP contribution is 2.14. The van der Waals surface area contributed by atoms with Crippen molar-refractivity contribution in [2.24, 2.45) is 5.73 Å². The highest BCUT2D eigenvalue weighted by Gasteiger charge is 2.34. The van der Waals surface area contributed by atoms with E-state index in [1.807, 2.05) is 6.92 Å². The summed E-state index contributed by atoms with van der Waals surface area (Å²) in [6.45, 7) is 7.11. The topological polar surface area (TPSA) is 64.3 Å². The molecule has 4 nitrogen and oxygen atoms in total. The Morgan fingerprint density at radius 3 is 2.20 bits per heavy atom. The lowest BCUT2D eigenvalue weighted by molar-refractivity contribution is -0.140. The number of nitrogens with one attached hydrogen (secondary N) is 1. The van der Waals surface area contributed by atoms with Crippen LogP contribution in [0.25, 0.3) is 0 Å². The summed E-state index contributed by atoms with van der Waals surface area (Å²) in [6, 6.07) is 0.